The number of hydrogen-bond donors (Lipinski definition) is 0. The molecule has 0 radical (unpaired) electrons. The summed E-state index contributed by atoms with van der Waals surface area (Å²) >= 11 is 0. The first kappa shape index (κ1) is 18.2. The van der Waals surface area contributed by atoms with Gasteiger partial charge < -0.3 is 18.9 Å². The molecule has 0 bridgehead atoms. The summed E-state index contributed by atoms with van der Waals surface area (Å²) in [4.78, 5) is 10.3. The van der Waals surface area contributed by atoms with Crippen molar-refractivity contribution in [2.45, 2.75) is 25.6 Å². The number of ether oxygens (including phenoxy) is 4. The Hall–Kier alpha value is -2.64. The second-order valence-electron chi connectivity index (χ2n) is 5.84. The molecule has 138 valence electrons. The molecule has 0 amide bonds. The highest BCUT2D eigenvalue weighted by molar-refractivity contribution is 5.41. The van der Waals surface area contributed by atoms with E-state index in [0.717, 1.165) is 25.9 Å². The molecular weight excluding hydrogens is 338 g/mol. The monoisotopic (exact) mass is 359 g/mol. The highest BCUT2D eigenvalue weighted by atomic mass is 16.7. The van der Waals surface area contributed by atoms with E-state index in [4.69, 9.17) is 18.9 Å². The van der Waals surface area contributed by atoms with Gasteiger partial charge in [0.15, 0.2) is 6.29 Å². The predicted octanol–water partition coefficient (Wildman–Crippen LogP) is 4.31. The van der Waals surface area contributed by atoms with Crippen molar-refractivity contribution in [3.05, 3.63) is 58.6 Å². The lowest BCUT2D eigenvalue weighted by atomic mass is 10.2. The molecule has 2 aromatic carbocycles. The fourth-order valence-corrected chi connectivity index (χ4v) is 2.58. The third-order valence-electron chi connectivity index (χ3n) is 3.88. The van der Waals surface area contributed by atoms with Crippen LogP contribution in [0, 0.1) is 10.1 Å². The maximum atomic E-state index is 10.8. The van der Waals surface area contributed by atoms with E-state index in [0.29, 0.717) is 30.5 Å². The lowest BCUT2D eigenvalue weighted by molar-refractivity contribution is -0.384. The Bertz CT molecular complexity index is 712. The molecule has 26 heavy (non-hydrogen) atoms. The molecule has 3 rings (SSSR count). The molecule has 1 aliphatic heterocycles. The van der Waals surface area contributed by atoms with Gasteiger partial charge in [-0.3, -0.25) is 10.1 Å². The summed E-state index contributed by atoms with van der Waals surface area (Å²) in [5.41, 5.74) is -0.00982. The molecule has 0 spiro atoms. The highest BCUT2D eigenvalue weighted by Gasteiger charge is 2.13. The van der Waals surface area contributed by atoms with Gasteiger partial charge in [0.1, 0.15) is 23.9 Å². The van der Waals surface area contributed by atoms with Gasteiger partial charge >= 0.3 is 0 Å². The van der Waals surface area contributed by atoms with Crippen molar-refractivity contribution < 1.29 is 23.9 Å². The first-order valence-electron chi connectivity index (χ1n) is 8.59. The summed E-state index contributed by atoms with van der Waals surface area (Å²) in [6.07, 6.45) is 3.06. The van der Waals surface area contributed by atoms with E-state index >= 15 is 0 Å². The number of rotatable bonds is 8. The number of hydrogen-bond acceptors (Lipinski definition) is 6. The third-order valence-corrected chi connectivity index (χ3v) is 3.88. The molecule has 1 saturated heterocycles. The minimum atomic E-state index is -0.454. The van der Waals surface area contributed by atoms with Crippen molar-refractivity contribution in [3.63, 3.8) is 0 Å². The van der Waals surface area contributed by atoms with Crippen LogP contribution < -0.4 is 9.47 Å². The molecule has 1 heterocycles. The van der Waals surface area contributed by atoms with Crippen LogP contribution in [-0.4, -0.2) is 31.0 Å². The third kappa shape index (κ3) is 5.44. The van der Waals surface area contributed by atoms with E-state index in [1.54, 1.807) is 36.4 Å². The van der Waals surface area contributed by atoms with Crippen LogP contribution in [0.4, 0.5) is 5.69 Å². The average Bonchev–Trinajstić information content (AvgIpc) is 2.67. The molecule has 0 N–H and O–H groups in total. The van der Waals surface area contributed by atoms with Crippen molar-refractivity contribution in [3.8, 4) is 17.2 Å². The largest absolute Gasteiger partial charge is 0.491 e. The Morgan fingerprint density at radius 1 is 1.04 bits per heavy atom. The van der Waals surface area contributed by atoms with Crippen LogP contribution in [0.2, 0.25) is 0 Å². The van der Waals surface area contributed by atoms with Gasteiger partial charge in [0.2, 0.25) is 0 Å². The Balaban J connectivity index is 1.44. The average molecular weight is 359 g/mol. The second-order valence-corrected chi connectivity index (χ2v) is 5.84. The van der Waals surface area contributed by atoms with E-state index < -0.39 is 4.92 Å². The fourth-order valence-electron chi connectivity index (χ4n) is 2.58. The van der Waals surface area contributed by atoms with Crippen LogP contribution >= 0.6 is 0 Å². The van der Waals surface area contributed by atoms with Crippen molar-refractivity contribution in [1.29, 1.82) is 0 Å². The lowest BCUT2D eigenvalue weighted by Gasteiger charge is -2.22. The van der Waals surface area contributed by atoms with E-state index in [9.17, 15) is 10.1 Å². The maximum absolute atomic E-state index is 10.8. The molecule has 2 aromatic rings. The van der Waals surface area contributed by atoms with Gasteiger partial charge in [-0.2, -0.15) is 0 Å². The summed E-state index contributed by atoms with van der Waals surface area (Å²) in [6.45, 7) is 1.67. The molecule has 7 heteroatoms. The van der Waals surface area contributed by atoms with Gasteiger partial charge in [-0.1, -0.05) is 6.07 Å². The summed E-state index contributed by atoms with van der Waals surface area (Å²) < 4.78 is 22.4. The summed E-state index contributed by atoms with van der Waals surface area (Å²) in [6, 6.07) is 13.1. The minimum Gasteiger partial charge on any atom is -0.491 e. The summed E-state index contributed by atoms with van der Waals surface area (Å²) in [5.74, 6) is 1.68. The summed E-state index contributed by atoms with van der Waals surface area (Å²) in [7, 11) is 0. The first-order valence-corrected chi connectivity index (χ1v) is 8.59. The van der Waals surface area contributed by atoms with Crippen LogP contribution in [0.15, 0.2) is 48.5 Å². The molecule has 1 unspecified atom stereocenters. The fraction of sp³-hybridized carbons (Fsp3) is 0.368. The lowest BCUT2D eigenvalue weighted by Crippen LogP contribution is -2.24. The topological polar surface area (TPSA) is 80.1 Å². The normalized spacial score (nSPS) is 16.8. The van der Waals surface area contributed by atoms with Gasteiger partial charge in [-0.15, -0.1) is 0 Å². The van der Waals surface area contributed by atoms with E-state index in [1.165, 1.54) is 12.1 Å². The molecule has 1 aliphatic rings. The molecule has 1 fully saturated rings. The molecule has 1 atom stereocenters. The molecular formula is C19H21NO6. The zero-order chi connectivity index (χ0) is 18.2. The first-order chi connectivity index (χ1) is 12.7. The van der Waals surface area contributed by atoms with E-state index in [1.807, 2.05) is 0 Å². The summed E-state index contributed by atoms with van der Waals surface area (Å²) in [5, 5.41) is 10.8. The Morgan fingerprint density at radius 3 is 2.58 bits per heavy atom. The van der Waals surface area contributed by atoms with Crippen LogP contribution in [0.3, 0.4) is 0 Å². The van der Waals surface area contributed by atoms with E-state index in [-0.39, 0.29) is 12.0 Å². The standard InChI is InChI=1S/C19H21NO6/c21-20(22)15-4-3-5-18(14-15)26-17-9-7-16(8-10-17)23-12-13-25-19-6-1-2-11-24-19/h3-5,7-10,14,19H,1-2,6,11-13H2. The van der Waals surface area contributed by atoms with Gasteiger partial charge in [-0.25, -0.2) is 0 Å². The van der Waals surface area contributed by atoms with Gasteiger partial charge in [-0.05, 0) is 49.6 Å². The number of benzene rings is 2. The van der Waals surface area contributed by atoms with Crippen molar-refractivity contribution >= 4 is 5.69 Å². The zero-order valence-electron chi connectivity index (χ0n) is 14.3. The van der Waals surface area contributed by atoms with Gasteiger partial charge in [0, 0.05) is 12.7 Å². The number of nitrogens with zero attached hydrogens (tertiary/aromatic N) is 1. The number of nitro groups is 1. The van der Waals surface area contributed by atoms with Gasteiger partial charge in [0.05, 0.1) is 17.6 Å². The van der Waals surface area contributed by atoms with Crippen molar-refractivity contribution in [2.75, 3.05) is 19.8 Å². The molecule has 0 saturated carbocycles. The molecule has 0 aromatic heterocycles. The Labute approximate surface area is 151 Å². The quantitative estimate of drug-likeness (QED) is 0.397. The Morgan fingerprint density at radius 2 is 1.85 bits per heavy atom. The maximum Gasteiger partial charge on any atom is 0.273 e. The van der Waals surface area contributed by atoms with E-state index in [2.05, 4.69) is 0 Å². The molecule has 7 nitrogen and oxygen atoms in total. The predicted molar refractivity (Wildman–Crippen MR) is 94.7 cm³/mol. The minimum absolute atomic E-state index is 0.00982. The van der Waals surface area contributed by atoms with Crippen LogP contribution in [0.5, 0.6) is 17.2 Å². The van der Waals surface area contributed by atoms with Crippen molar-refractivity contribution in [2.24, 2.45) is 0 Å². The smallest absolute Gasteiger partial charge is 0.273 e. The zero-order valence-corrected chi connectivity index (χ0v) is 14.3. The van der Waals surface area contributed by atoms with Gasteiger partial charge in [0.25, 0.3) is 5.69 Å². The number of nitro benzene ring substituents is 1. The van der Waals surface area contributed by atoms with Crippen LogP contribution in [0.25, 0.3) is 0 Å². The van der Waals surface area contributed by atoms with Crippen LogP contribution in [-0.2, 0) is 9.47 Å². The Kier molecular flexibility index (Phi) is 6.40. The highest BCUT2D eigenvalue weighted by Crippen LogP contribution is 2.26. The molecule has 0 aliphatic carbocycles. The van der Waals surface area contributed by atoms with Crippen molar-refractivity contribution in [1.82, 2.24) is 0 Å². The number of non-ortho nitro benzene ring substituents is 1. The second kappa shape index (κ2) is 9.17. The SMILES string of the molecule is O=[N+]([O-])c1cccc(Oc2ccc(OCCOC3CCCCO3)cc2)c1. The van der Waals surface area contributed by atoms with Crippen LogP contribution in [0.1, 0.15) is 19.3 Å².